The summed E-state index contributed by atoms with van der Waals surface area (Å²) in [6.45, 7) is 8.41. The second-order valence-corrected chi connectivity index (χ2v) is 5.57. The fourth-order valence-corrected chi connectivity index (χ4v) is 2.00. The van der Waals surface area contributed by atoms with E-state index in [1.54, 1.807) is 0 Å². The number of aromatic nitrogens is 1. The van der Waals surface area contributed by atoms with Gasteiger partial charge in [0, 0.05) is 24.8 Å². The van der Waals surface area contributed by atoms with E-state index in [1.165, 1.54) is 16.5 Å². The average Bonchev–Trinajstić information content (AvgIpc) is 2.70. The Balaban J connectivity index is 2.13. The summed E-state index contributed by atoms with van der Waals surface area (Å²) in [7, 11) is 0. The first-order valence-corrected chi connectivity index (χ1v) is 6.41. The van der Waals surface area contributed by atoms with Crippen LogP contribution in [0.3, 0.4) is 0 Å². The van der Waals surface area contributed by atoms with E-state index >= 15 is 0 Å². The lowest BCUT2D eigenvalue weighted by Gasteiger charge is -2.19. The second-order valence-electron chi connectivity index (χ2n) is 5.57. The molecule has 0 spiro atoms. The predicted octanol–water partition coefficient (Wildman–Crippen LogP) is 2.92. The lowest BCUT2D eigenvalue weighted by atomic mass is 10.1. The summed E-state index contributed by atoms with van der Waals surface area (Å²) in [6.07, 6.45) is 2.11. The topological polar surface area (TPSA) is 40.2 Å². The summed E-state index contributed by atoms with van der Waals surface area (Å²) >= 11 is 0. The lowest BCUT2D eigenvalue weighted by molar-refractivity contribution is -0.00644. The number of fused-ring (bicyclic) bond motifs is 1. The molecule has 0 aliphatic heterocycles. The maximum absolute atomic E-state index is 5.76. The van der Waals surface area contributed by atoms with Gasteiger partial charge in [-0.25, -0.2) is 0 Å². The van der Waals surface area contributed by atoms with Gasteiger partial charge in [-0.15, -0.1) is 0 Å². The minimum atomic E-state index is -0.0780. The van der Waals surface area contributed by atoms with Crippen LogP contribution in [0.5, 0.6) is 0 Å². The molecular weight excluding hydrogens is 224 g/mol. The Morgan fingerprint density at radius 3 is 2.67 bits per heavy atom. The number of nitrogens with zero attached hydrogens (tertiary/aromatic N) is 1. The molecule has 0 unspecified atom stereocenters. The molecule has 0 amide bonds. The summed E-state index contributed by atoms with van der Waals surface area (Å²) < 4.78 is 7.99. The Kier molecular flexibility index (Phi) is 3.73. The highest BCUT2D eigenvalue weighted by Gasteiger charge is 2.10. The van der Waals surface area contributed by atoms with E-state index in [1.807, 2.05) is 0 Å². The van der Waals surface area contributed by atoms with Gasteiger partial charge in [0.05, 0.1) is 12.2 Å². The standard InChI is InChI=1S/C15H22N2O/c1-15(2,3)18-9-8-17-7-6-13-5-4-12(11-16)10-14(13)17/h4-7,10H,8-9,11,16H2,1-3H3. The van der Waals surface area contributed by atoms with Crippen LogP contribution in [0, 0.1) is 0 Å². The van der Waals surface area contributed by atoms with Crippen LogP contribution in [0.25, 0.3) is 10.9 Å². The van der Waals surface area contributed by atoms with Crippen molar-refractivity contribution >= 4 is 10.9 Å². The van der Waals surface area contributed by atoms with Crippen LogP contribution in [0.1, 0.15) is 26.3 Å². The maximum atomic E-state index is 5.76. The van der Waals surface area contributed by atoms with Gasteiger partial charge < -0.3 is 15.0 Å². The molecule has 0 fully saturated rings. The Hall–Kier alpha value is -1.32. The molecule has 1 heterocycles. The second kappa shape index (κ2) is 5.12. The van der Waals surface area contributed by atoms with E-state index in [0.717, 1.165) is 13.2 Å². The smallest absolute Gasteiger partial charge is 0.0652 e. The first-order chi connectivity index (χ1) is 8.49. The highest BCUT2D eigenvalue weighted by atomic mass is 16.5. The molecule has 3 heteroatoms. The molecule has 18 heavy (non-hydrogen) atoms. The Morgan fingerprint density at radius 1 is 1.22 bits per heavy atom. The number of nitrogens with two attached hydrogens (primary N) is 1. The van der Waals surface area contributed by atoms with E-state index in [-0.39, 0.29) is 5.60 Å². The number of rotatable bonds is 4. The van der Waals surface area contributed by atoms with Crippen LogP contribution in [0.15, 0.2) is 30.5 Å². The molecule has 0 radical (unpaired) electrons. The van der Waals surface area contributed by atoms with Crippen LogP contribution >= 0.6 is 0 Å². The van der Waals surface area contributed by atoms with Gasteiger partial charge >= 0.3 is 0 Å². The molecule has 2 N–H and O–H groups in total. The Morgan fingerprint density at radius 2 is 2.00 bits per heavy atom. The van der Waals surface area contributed by atoms with Gasteiger partial charge in [0.25, 0.3) is 0 Å². The van der Waals surface area contributed by atoms with Crippen molar-refractivity contribution in [2.75, 3.05) is 6.61 Å². The van der Waals surface area contributed by atoms with Crippen molar-refractivity contribution in [2.24, 2.45) is 5.73 Å². The van der Waals surface area contributed by atoms with Crippen molar-refractivity contribution in [1.29, 1.82) is 0 Å². The zero-order chi connectivity index (χ0) is 13.2. The zero-order valence-electron chi connectivity index (χ0n) is 11.4. The summed E-state index contributed by atoms with van der Waals surface area (Å²) in [4.78, 5) is 0. The van der Waals surface area contributed by atoms with Crippen molar-refractivity contribution < 1.29 is 4.74 Å². The van der Waals surface area contributed by atoms with Crippen molar-refractivity contribution in [3.05, 3.63) is 36.0 Å². The van der Waals surface area contributed by atoms with Gasteiger partial charge in [0.2, 0.25) is 0 Å². The van der Waals surface area contributed by atoms with Crippen LogP contribution in [0.2, 0.25) is 0 Å². The highest BCUT2D eigenvalue weighted by molar-refractivity contribution is 5.80. The average molecular weight is 246 g/mol. The van der Waals surface area contributed by atoms with Crippen molar-refractivity contribution in [3.8, 4) is 0 Å². The molecule has 0 aliphatic carbocycles. The van der Waals surface area contributed by atoms with E-state index < -0.39 is 0 Å². The minimum absolute atomic E-state index is 0.0780. The largest absolute Gasteiger partial charge is 0.374 e. The molecule has 2 rings (SSSR count). The summed E-state index contributed by atoms with van der Waals surface area (Å²) in [5.74, 6) is 0. The van der Waals surface area contributed by atoms with Crippen molar-refractivity contribution in [1.82, 2.24) is 4.57 Å². The van der Waals surface area contributed by atoms with Crippen LogP contribution < -0.4 is 5.73 Å². The van der Waals surface area contributed by atoms with Gasteiger partial charge in [-0.05, 0) is 43.9 Å². The third kappa shape index (κ3) is 3.12. The summed E-state index contributed by atoms with van der Waals surface area (Å²) in [5.41, 5.74) is 8.00. The van der Waals surface area contributed by atoms with E-state index in [4.69, 9.17) is 10.5 Å². The minimum Gasteiger partial charge on any atom is -0.374 e. The van der Waals surface area contributed by atoms with Gasteiger partial charge in [0.1, 0.15) is 0 Å². The molecule has 2 aromatic rings. The molecule has 0 bridgehead atoms. The van der Waals surface area contributed by atoms with Gasteiger partial charge in [-0.2, -0.15) is 0 Å². The Labute approximate surface area is 109 Å². The molecule has 1 aromatic carbocycles. The summed E-state index contributed by atoms with van der Waals surface area (Å²) in [5, 5.41) is 1.25. The monoisotopic (exact) mass is 246 g/mol. The molecule has 1 aromatic heterocycles. The van der Waals surface area contributed by atoms with Crippen LogP contribution in [0.4, 0.5) is 0 Å². The molecular formula is C15H22N2O. The van der Waals surface area contributed by atoms with Crippen molar-refractivity contribution in [3.63, 3.8) is 0 Å². The molecule has 98 valence electrons. The molecule has 0 saturated carbocycles. The number of hydrogen-bond donors (Lipinski definition) is 1. The first-order valence-electron chi connectivity index (χ1n) is 6.41. The number of benzene rings is 1. The van der Waals surface area contributed by atoms with Crippen molar-refractivity contribution in [2.45, 2.75) is 39.5 Å². The van der Waals surface area contributed by atoms with E-state index in [2.05, 4.69) is 55.8 Å². The van der Waals surface area contributed by atoms with Gasteiger partial charge in [0.15, 0.2) is 0 Å². The van der Waals surface area contributed by atoms with Gasteiger partial charge in [-0.3, -0.25) is 0 Å². The molecule has 0 saturated heterocycles. The third-order valence-corrected chi connectivity index (χ3v) is 2.94. The first kappa shape index (κ1) is 13.1. The quantitative estimate of drug-likeness (QED) is 0.901. The maximum Gasteiger partial charge on any atom is 0.0652 e. The normalized spacial score (nSPS) is 12.2. The lowest BCUT2D eigenvalue weighted by Crippen LogP contribution is -2.21. The molecule has 0 atom stereocenters. The fourth-order valence-electron chi connectivity index (χ4n) is 2.00. The molecule has 0 aliphatic rings. The summed E-state index contributed by atoms with van der Waals surface area (Å²) in [6, 6.07) is 8.50. The van der Waals surface area contributed by atoms with E-state index in [0.29, 0.717) is 6.54 Å². The number of ether oxygens (including phenoxy) is 1. The zero-order valence-corrected chi connectivity index (χ0v) is 11.4. The Bertz CT molecular complexity index is 523. The SMILES string of the molecule is CC(C)(C)OCCn1ccc2ccc(CN)cc21. The van der Waals surface area contributed by atoms with Gasteiger partial charge in [-0.1, -0.05) is 12.1 Å². The fraction of sp³-hybridized carbons (Fsp3) is 0.467. The molecule has 3 nitrogen and oxygen atoms in total. The number of hydrogen-bond acceptors (Lipinski definition) is 2. The predicted molar refractivity (Wildman–Crippen MR) is 75.5 cm³/mol. The van der Waals surface area contributed by atoms with E-state index in [9.17, 15) is 0 Å². The third-order valence-electron chi connectivity index (χ3n) is 2.94. The van der Waals surface area contributed by atoms with Crippen LogP contribution in [-0.4, -0.2) is 16.8 Å². The highest BCUT2D eigenvalue weighted by Crippen LogP contribution is 2.18. The van der Waals surface area contributed by atoms with Crippen LogP contribution in [-0.2, 0) is 17.8 Å².